The van der Waals surface area contributed by atoms with E-state index < -0.39 is 11.5 Å². The molecule has 12 heteroatoms. The lowest BCUT2D eigenvalue weighted by atomic mass is 10.0. The molecule has 4 aromatic rings. The molecule has 1 unspecified atom stereocenters. The molecule has 0 spiro atoms. The first-order valence-corrected chi connectivity index (χ1v) is 13.7. The first kappa shape index (κ1) is 28.6. The maximum absolute atomic E-state index is 15.4. The van der Waals surface area contributed by atoms with Gasteiger partial charge in [0.1, 0.15) is 35.2 Å². The lowest BCUT2D eigenvalue weighted by Crippen LogP contribution is -2.42. The van der Waals surface area contributed by atoms with Crippen molar-refractivity contribution in [2.45, 2.75) is 45.3 Å². The van der Waals surface area contributed by atoms with Crippen LogP contribution < -0.4 is 10.5 Å². The molecular weight excluding hydrogens is 539 g/mol. The van der Waals surface area contributed by atoms with Crippen LogP contribution in [-0.4, -0.2) is 60.8 Å². The molecule has 3 aromatic heterocycles. The summed E-state index contributed by atoms with van der Waals surface area (Å²) in [5.41, 5.74) is 6.24. The Morgan fingerprint density at radius 3 is 2.74 bits per heavy atom. The number of carbonyl (C=O) groups is 1. The third kappa shape index (κ3) is 5.91. The number of pyridine rings is 1. The summed E-state index contributed by atoms with van der Waals surface area (Å²) in [5, 5.41) is 14.9. The number of halogens is 1. The molecule has 5 rings (SSSR count). The zero-order valence-electron chi connectivity index (χ0n) is 23.6. The SMILES string of the molecule is CCOC(C)(C)C=C(C#N)C(=O)N1CCCC(n2nc(-c3ccc(Oc4ccccc4)nc3F)c3c(N)ncnc32)C1. The summed E-state index contributed by atoms with van der Waals surface area (Å²) in [5.74, 6) is -0.422. The molecule has 1 amide bonds. The molecule has 0 aliphatic carbocycles. The van der Waals surface area contributed by atoms with E-state index in [1.807, 2.05) is 19.1 Å². The fraction of sp³-hybridized carbons (Fsp3) is 0.333. The summed E-state index contributed by atoms with van der Waals surface area (Å²) < 4.78 is 28.4. The topological polar surface area (TPSA) is 145 Å². The van der Waals surface area contributed by atoms with Crippen molar-refractivity contribution in [3.63, 3.8) is 0 Å². The minimum atomic E-state index is -0.792. The van der Waals surface area contributed by atoms with Crippen molar-refractivity contribution in [2.24, 2.45) is 0 Å². The van der Waals surface area contributed by atoms with Crippen LogP contribution in [0.3, 0.4) is 0 Å². The number of fused-ring (bicyclic) bond motifs is 1. The average Bonchev–Trinajstić information content (AvgIpc) is 3.37. The summed E-state index contributed by atoms with van der Waals surface area (Å²) in [6, 6.07) is 13.8. The number of benzene rings is 1. The first-order valence-electron chi connectivity index (χ1n) is 13.7. The van der Waals surface area contributed by atoms with Crippen LogP contribution in [0.15, 0.2) is 60.4 Å². The van der Waals surface area contributed by atoms with Gasteiger partial charge in [-0.2, -0.15) is 19.7 Å². The van der Waals surface area contributed by atoms with Gasteiger partial charge < -0.3 is 20.1 Å². The van der Waals surface area contributed by atoms with Gasteiger partial charge in [-0.05, 0) is 57.9 Å². The highest BCUT2D eigenvalue weighted by Gasteiger charge is 2.31. The van der Waals surface area contributed by atoms with Gasteiger partial charge in [-0.1, -0.05) is 18.2 Å². The van der Waals surface area contributed by atoms with E-state index in [9.17, 15) is 10.1 Å². The summed E-state index contributed by atoms with van der Waals surface area (Å²) in [6.07, 6.45) is 4.23. The van der Waals surface area contributed by atoms with E-state index in [1.54, 1.807) is 59.8 Å². The molecule has 1 atom stereocenters. The van der Waals surface area contributed by atoms with Crippen molar-refractivity contribution in [2.75, 3.05) is 25.4 Å². The maximum atomic E-state index is 15.4. The average molecular weight is 571 g/mol. The number of hydrogen-bond acceptors (Lipinski definition) is 9. The zero-order valence-corrected chi connectivity index (χ0v) is 23.6. The molecule has 0 radical (unpaired) electrons. The van der Waals surface area contributed by atoms with E-state index >= 15 is 4.39 Å². The second-order valence-corrected chi connectivity index (χ2v) is 10.4. The van der Waals surface area contributed by atoms with Crippen LogP contribution in [-0.2, 0) is 9.53 Å². The van der Waals surface area contributed by atoms with Crippen molar-refractivity contribution in [1.29, 1.82) is 5.26 Å². The fourth-order valence-corrected chi connectivity index (χ4v) is 5.11. The number of ether oxygens (including phenoxy) is 2. The number of rotatable bonds is 8. The van der Waals surface area contributed by atoms with Crippen molar-refractivity contribution in [3.8, 4) is 29.0 Å². The lowest BCUT2D eigenvalue weighted by Gasteiger charge is -2.33. The molecule has 1 aliphatic heterocycles. The van der Waals surface area contributed by atoms with Crippen LogP contribution in [0.5, 0.6) is 11.6 Å². The van der Waals surface area contributed by atoms with Gasteiger partial charge in [-0.15, -0.1) is 0 Å². The number of aromatic nitrogens is 5. The summed E-state index contributed by atoms with van der Waals surface area (Å²) in [7, 11) is 0. The Labute approximate surface area is 242 Å². The standard InChI is InChI=1S/C30H31FN8O3/c1-4-41-30(2,3)15-19(16-32)29(40)38-14-8-9-20(17-38)39-28-24(27(33)34-18-35-28)25(37-39)22-12-13-23(36-26(22)31)42-21-10-6-5-7-11-21/h5-7,10-13,15,18,20H,4,8-9,14,17H2,1-3H3,(H2,33,34,35). The molecule has 4 heterocycles. The highest BCUT2D eigenvalue weighted by Crippen LogP contribution is 2.35. The maximum Gasteiger partial charge on any atom is 0.264 e. The fourth-order valence-electron chi connectivity index (χ4n) is 5.11. The Morgan fingerprint density at radius 1 is 1.24 bits per heavy atom. The lowest BCUT2D eigenvalue weighted by molar-refractivity contribution is -0.128. The van der Waals surface area contributed by atoms with Crippen molar-refractivity contribution >= 4 is 22.8 Å². The minimum Gasteiger partial charge on any atom is -0.439 e. The summed E-state index contributed by atoms with van der Waals surface area (Å²) >= 11 is 0. The van der Waals surface area contributed by atoms with Gasteiger partial charge in [-0.25, -0.2) is 14.6 Å². The molecule has 0 bridgehead atoms. The van der Waals surface area contributed by atoms with E-state index in [4.69, 9.17) is 20.3 Å². The third-order valence-corrected chi connectivity index (χ3v) is 6.95. The Bertz CT molecular complexity index is 1680. The number of amides is 1. The molecule has 1 fully saturated rings. The molecule has 1 saturated heterocycles. The Kier molecular flexibility index (Phi) is 8.13. The molecule has 2 N–H and O–H groups in total. The van der Waals surface area contributed by atoms with Crippen LogP contribution in [0.1, 0.15) is 39.7 Å². The Morgan fingerprint density at radius 2 is 2.02 bits per heavy atom. The number of anilines is 1. The third-order valence-electron chi connectivity index (χ3n) is 6.95. The molecular formula is C30H31FN8O3. The van der Waals surface area contributed by atoms with Crippen molar-refractivity contribution in [1.82, 2.24) is 29.6 Å². The van der Waals surface area contributed by atoms with E-state index in [0.717, 1.165) is 0 Å². The van der Waals surface area contributed by atoms with E-state index in [0.29, 0.717) is 42.8 Å². The smallest absolute Gasteiger partial charge is 0.264 e. The van der Waals surface area contributed by atoms with Gasteiger partial charge in [0.05, 0.1) is 22.6 Å². The van der Waals surface area contributed by atoms with Crippen LogP contribution in [0.2, 0.25) is 0 Å². The van der Waals surface area contributed by atoms with Gasteiger partial charge in [-0.3, -0.25) is 4.79 Å². The van der Waals surface area contributed by atoms with E-state index in [2.05, 4.69) is 15.0 Å². The molecule has 11 nitrogen and oxygen atoms in total. The monoisotopic (exact) mass is 570 g/mol. The molecule has 1 aliphatic rings. The Hall–Kier alpha value is -4.89. The van der Waals surface area contributed by atoms with E-state index in [-0.39, 0.29) is 47.0 Å². The predicted octanol–water partition coefficient (Wildman–Crippen LogP) is 4.83. The van der Waals surface area contributed by atoms with Crippen LogP contribution in [0.25, 0.3) is 22.3 Å². The van der Waals surface area contributed by atoms with Gasteiger partial charge in [0.2, 0.25) is 11.8 Å². The first-order chi connectivity index (χ1) is 20.2. The number of nitrogens with two attached hydrogens (primary N) is 1. The number of hydrogen-bond donors (Lipinski definition) is 1. The highest BCUT2D eigenvalue weighted by atomic mass is 19.1. The zero-order chi connectivity index (χ0) is 29.9. The number of likely N-dealkylation sites (tertiary alicyclic amines) is 1. The second kappa shape index (κ2) is 11.9. The van der Waals surface area contributed by atoms with Crippen LogP contribution >= 0.6 is 0 Å². The normalized spacial score (nSPS) is 15.9. The van der Waals surface area contributed by atoms with Gasteiger partial charge >= 0.3 is 0 Å². The predicted molar refractivity (Wildman–Crippen MR) is 154 cm³/mol. The van der Waals surface area contributed by atoms with Crippen molar-refractivity contribution in [3.05, 3.63) is 66.4 Å². The largest absolute Gasteiger partial charge is 0.439 e. The van der Waals surface area contributed by atoms with Crippen LogP contribution in [0, 0.1) is 17.3 Å². The highest BCUT2D eigenvalue weighted by molar-refractivity contribution is 5.99. The number of nitrogen functional groups attached to an aromatic ring is 1. The quantitative estimate of drug-likeness (QED) is 0.179. The summed E-state index contributed by atoms with van der Waals surface area (Å²) in [4.78, 5) is 27.5. The molecule has 0 saturated carbocycles. The molecule has 1 aromatic carbocycles. The second-order valence-electron chi connectivity index (χ2n) is 10.4. The van der Waals surface area contributed by atoms with Crippen molar-refractivity contribution < 1.29 is 18.7 Å². The number of nitrogens with zero attached hydrogens (tertiary/aromatic N) is 7. The van der Waals surface area contributed by atoms with Gasteiger partial charge in [0.15, 0.2) is 5.65 Å². The van der Waals surface area contributed by atoms with Crippen LogP contribution in [0.4, 0.5) is 10.2 Å². The Balaban J connectivity index is 1.47. The number of carbonyl (C=O) groups excluding carboxylic acids is 1. The minimum absolute atomic E-state index is 0.0117. The molecule has 216 valence electrons. The summed E-state index contributed by atoms with van der Waals surface area (Å²) in [6.45, 7) is 6.66. The van der Waals surface area contributed by atoms with Gasteiger partial charge in [0.25, 0.3) is 5.91 Å². The molecule has 42 heavy (non-hydrogen) atoms. The van der Waals surface area contributed by atoms with Gasteiger partial charge in [0, 0.05) is 25.8 Å². The van der Waals surface area contributed by atoms with E-state index in [1.165, 1.54) is 12.4 Å². The number of para-hydroxylation sites is 1. The number of nitriles is 1. The number of piperidine rings is 1.